The van der Waals surface area contributed by atoms with E-state index in [2.05, 4.69) is 25.6 Å². The van der Waals surface area contributed by atoms with E-state index in [4.69, 9.17) is 31.4 Å². The molecule has 5 atom stereocenters. The van der Waals surface area contributed by atoms with Gasteiger partial charge in [0.2, 0.25) is 11.8 Å². The Morgan fingerprint density at radius 3 is 2.12 bits per heavy atom. The van der Waals surface area contributed by atoms with Gasteiger partial charge in [0.1, 0.15) is 76.7 Å². The number of thiazole rings is 6. The zero-order valence-electron chi connectivity index (χ0n) is 38.3. The number of aryl methyl sites for hydroxylation is 2. The summed E-state index contributed by atoms with van der Waals surface area (Å²) in [7, 11) is 0. The predicted molar refractivity (Wildman–Crippen MR) is 276 cm³/mol. The first-order chi connectivity index (χ1) is 35.1. The number of aliphatic hydroxyl groups is 1. The molecular formula is C47H40N12O8S6. The van der Waals surface area contributed by atoms with Gasteiger partial charge in [-0.1, -0.05) is 19.1 Å². The second-order valence-corrected chi connectivity index (χ2v) is 22.7. The molecule has 0 spiro atoms. The molecule has 0 radical (unpaired) electrons. The Kier molecular flexibility index (Phi) is 13.9. The summed E-state index contributed by atoms with van der Waals surface area (Å²) in [5, 5.41) is 38.0. The first kappa shape index (κ1) is 49.5. The molecule has 2 aliphatic heterocycles. The Morgan fingerprint density at radius 1 is 0.699 bits per heavy atom. The van der Waals surface area contributed by atoms with E-state index in [1.165, 1.54) is 74.2 Å². The largest absolute Gasteiger partial charge is 0.508 e. The van der Waals surface area contributed by atoms with E-state index >= 15 is 0 Å². The Hall–Kier alpha value is -7.07. The minimum Gasteiger partial charge on any atom is -0.508 e. The third-order valence-corrected chi connectivity index (χ3v) is 17.6. The molecule has 7 aromatic heterocycles. The lowest BCUT2D eigenvalue weighted by molar-refractivity contribution is -0.134. The van der Waals surface area contributed by atoms with Gasteiger partial charge in [0.25, 0.3) is 17.7 Å². The molecule has 8 aromatic rings. The number of carbonyl (C=O) groups excluding carboxylic acids is 6. The highest BCUT2D eigenvalue weighted by atomic mass is 32.1. The molecule has 1 fully saturated rings. The van der Waals surface area contributed by atoms with Crippen LogP contribution in [-0.2, 0) is 22.4 Å². The van der Waals surface area contributed by atoms with Crippen molar-refractivity contribution in [1.82, 2.24) is 50.4 Å². The van der Waals surface area contributed by atoms with Gasteiger partial charge in [-0.15, -0.1) is 68.0 Å². The Morgan fingerprint density at radius 2 is 1.37 bits per heavy atom. The number of carbonyl (C=O) groups is 6. The van der Waals surface area contributed by atoms with E-state index in [0.29, 0.717) is 63.8 Å². The molecule has 26 heteroatoms. The Bertz CT molecular complexity index is 3470. The van der Waals surface area contributed by atoms with Crippen LogP contribution < -0.4 is 22.1 Å². The number of aliphatic hydroxyl groups excluding tert-OH is 1. The van der Waals surface area contributed by atoms with Crippen molar-refractivity contribution < 1.29 is 39.0 Å². The highest BCUT2D eigenvalue weighted by Crippen LogP contribution is 2.42. The number of aromatic nitrogens is 7. The fourth-order valence-corrected chi connectivity index (χ4v) is 13.6. The lowest BCUT2D eigenvalue weighted by atomic mass is 10.0. The van der Waals surface area contributed by atoms with Gasteiger partial charge < -0.3 is 37.2 Å². The van der Waals surface area contributed by atoms with Crippen molar-refractivity contribution in [3.63, 3.8) is 0 Å². The highest BCUT2D eigenvalue weighted by Gasteiger charge is 2.45. The standard InChI is InChI=1S/C47H40N12O8S6/c1-19-33(62)13-59-38(19)46-57-31(18-72-46)44-54-27(14-70-44)37-23(7-8-24(51-37)43-55-28(15-71-43)39(49)64)42-56-30(17-69-42)41(66)52-25(12-34(48)63)45-58-36(20(2)73-45)32(61)9-10-35-50-29(16-68-35)40(65)53-26(47(59)67)11-21-3-5-22(60)6-4-21/h3-8,14-19,25-26,33,38,60,62H,9-13H2,1-2H3,(H2,48,63)(H2,49,64)(H,52,66)(H,53,65)/t19-,25-,26-,33-,38-/m0/s1. The number of nitrogens with one attached hydrogen (secondary N) is 2. The van der Waals surface area contributed by atoms with E-state index in [1.807, 2.05) is 12.3 Å². The second-order valence-electron chi connectivity index (χ2n) is 17.1. The summed E-state index contributed by atoms with van der Waals surface area (Å²) >= 11 is 7.26. The normalized spacial score (nSPS) is 19.5. The van der Waals surface area contributed by atoms with Crippen LogP contribution in [0.1, 0.15) is 99.3 Å². The predicted octanol–water partition coefficient (Wildman–Crippen LogP) is 6.00. The number of Topliss-reactive ketones (excluding diaryl/α,β-unsaturated/α-hetero) is 1. The number of amides is 5. The molecule has 10 rings (SSSR count). The van der Waals surface area contributed by atoms with Crippen LogP contribution in [-0.4, -0.2) is 104 Å². The van der Waals surface area contributed by atoms with E-state index in [1.54, 1.807) is 52.2 Å². The fourth-order valence-electron chi connectivity index (χ4n) is 8.36. The summed E-state index contributed by atoms with van der Waals surface area (Å²) < 4.78 is 0. The highest BCUT2D eigenvalue weighted by molar-refractivity contribution is 7.15. The van der Waals surface area contributed by atoms with Crippen LogP contribution in [0.3, 0.4) is 0 Å². The van der Waals surface area contributed by atoms with E-state index in [9.17, 15) is 39.0 Å². The smallest absolute Gasteiger partial charge is 0.271 e. The molecule has 1 saturated heterocycles. The number of fused-ring (bicyclic) bond motifs is 16. The number of benzene rings is 1. The maximum Gasteiger partial charge on any atom is 0.271 e. The lowest BCUT2D eigenvalue weighted by Crippen LogP contribution is -2.50. The van der Waals surface area contributed by atoms with E-state index < -0.39 is 59.7 Å². The number of pyridine rings is 1. The average Bonchev–Trinajstić information content (AvgIpc) is 4.23. The summed E-state index contributed by atoms with van der Waals surface area (Å²) in [6.07, 6.45) is -1.05. The van der Waals surface area contributed by atoms with Crippen LogP contribution in [0, 0.1) is 12.8 Å². The Balaban J connectivity index is 1.05. The third-order valence-electron chi connectivity index (χ3n) is 12.1. The fraction of sp³-hybridized carbons (Fsp3) is 0.255. The minimum absolute atomic E-state index is 0.0253. The molecule has 0 saturated carbocycles. The summed E-state index contributed by atoms with van der Waals surface area (Å²) in [6, 6.07) is 6.95. The maximum absolute atomic E-state index is 14.8. The van der Waals surface area contributed by atoms with Gasteiger partial charge in [-0.25, -0.2) is 34.9 Å². The van der Waals surface area contributed by atoms with Gasteiger partial charge in [-0.2, -0.15) is 0 Å². The number of ketones is 1. The molecule has 1 aromatic carbocycles. The maximum atomic E-state index is 14.8. The molecule has 10 bridgehead atoms. The van der Waals surface area contributed by atoms with Crippen LogP contribution in [0.25, 0.3) is 43.4 Å². The van der Waals surface area contributed by atoms with Crippen molar-refractivity contribution in [1.29, 1.82) is 0 Å². The number of hydrogen-bond donors (Lipinski definition) is 6. The molecule has 9 heterocycles. The monoisotopic (exact) mass is 1090 g/mol. The van der Waals surface area contributed by atoms with Crippen molar-refractivity contribution in [3.8, 4) is 49.1 Å². The molecule has 0 unspecified atom stereocenters. The average molecular weight is 1090 g/mol. The number of phenolic OH excluding ortho intramolecular Hbond substituents is 1. The third kappa shape index (κ3) is 10.3. The molecule has 73 heavy (non-hydrogen) atoms. The number of nitrogens with zero attached hydrogens (tertiary/aromatic N) is 8. The lowest BCUT2D eigenvalue weighted by Gasteiger charge is -2.29. The number of nitrogens with two attached hydrogens (primary N) is 2. The van der Waals surface area contributed by atoms with Gasteiger partial charge in [-0.3, -0.25) is 28.8 Å². The van der Waals surface area contributed by atoms with Crippen LogP contribution >= 0.6 is 68.0 Å². The number of aromatic hydroxyl groups is 1. The molecular weight excluding hydrogens is 1050 g/mol. The van der Waals surface area contributed by atoms with E-state index in [-0.39, 0.29) is 71.5 Å². The van der Waals surface area contributed by atoms with E-state index in [0.717, 1.165) is 11.3 Å². The van der Waals surface area contributed by atoms with Crippen molar-refractivity contribution in [2.45, 2.75) is 63.8 Å². The summed E-state index contributed by atoms with van der Waals surface area (Å²) in [5.41, 5.74) is 14.4. The molecule has 2 aliphatic rings. The van der Waals surface area contributed by atoms with Gasteiger partial charge in [0.15, 0.2) is 5.78 Å². The van der Waals surface area contributed by atoms with Crippen molar-refractivity contribution in [3.05, 3.63) is 112 Å². The number of rotatable bonds is 6. The number of phenols is 1. The molecule has 5 amide bonds. The summed E-state index contributed by atoms with van der Waals surface area (Å²) in [4.78, 5) is 116. The SMILES string of the molecule is Cc1sc2nc1C(=O)CCc1nc(cs1)C(=O)N[C@@H](Cc1ccc(O)cc1)C(=O)N1C[C@H](O)[C@H](C)[C@H]1c1nc(cs1)-c1nc(cs1)-c1nc(-c3nc(C(N)=O)cs3)ccc1-c1nc(cs1)C(=O)N[C@H]2CC(N)=O. The van der Waals surface area contributed by atoms with Crippen LogP contribution in [0.2, 0.25) is 0 Å². The van der Waals surface area contributed by atoms with Gasteiger partial charge in [0, 0.05) is 69.1 Å². The first-order valence-corrected chi connectivity index (χ1v) is 27.5. The minimum atomic E-state index is -1.14. The van der Waals surface area contributed by atoms with Gasteiger partial charge in [0.05, 0.1) is 35.3 Å². The quantitative estimate of drug-likeness (QED) is 0.111. The zero-order valence-corrected chi connectivity index (χ0v) is 43.2. The first-order valence-electron chi connectivity index (χ1n) is 22.3. The molecule has 372 valence electrons. The summed E-state index contributed by atoms with van der Waals surface area (Å²) in [5.74, 6) is -3.87. The molecule has 8 N–H and O–H groups in total. The second kappa shape index (κ2) is 20.4. The number of primary amides is 2. The van der Waals surface area contributed by atoms with Gasteiger partial charge >= 0.3 is 0 Å². The van der Waals surface area contributed by atoms with Crippen molar-refractivity contribution >= 4 is 103 Å². The summed E-state index contributed by atoms with van der Waals surface area (Å²) in [6.45, 7) is 3.51. The van der Waals surface area contributed by atoms with Crippen molar-refractivity contribution in [2.75, 3.05) is 6.54 Å². The van der Waals surface area contributed by atoms with Crippen LogP contribution in [0.15, 0.2) is 63.3 Å². The topological polar surface area (TPSA) is 312 Å². The van der Waals surface area contributed by atoms with Crippen LogP contribution in [0.4, 0.5) is 0 Å². The Labute approximate surface area is 438 Å². The molecule has 0 aliphatic carbocycles. The van der Waals surface area contributed by atoms with Gasteiger partial charge in [-0.05, 0) is 36.8 Å². The zero-order chi connectivity index (χ0) is 51.2. The van der Waals surface area contributed by atoms with Crippen LogP contribution in [0.5, 0.6) is 5.75 Å². The van der Waals surface area contributed by atoms with Crippen molar-refractivity contribution in [2.24, 2.45) is 17.4 Å². The molecule has 20 nitrogen and oxygen atoms in total. The number of hydrogen-bond acceptors (Lipinski definition) is 21.